The maximum absolute atomic E-state index is 12.8. The molecule has 1 saturated carbocycles. The number of halogens is 1. The van der Waals surface area contributed by atoms with Crippen molar-refractivity contribution in [1.82, 2.24) is 4.90 Å². The van der Waals surface area contributed by atoms with Crippen molar-refractivity contribution in [1.29, 1.82) is 0 Å². The van der Waals surface area contributed by atoms with Crippen LogP contribution in [-0.4, -0.2) is 30.3 Å². The number of benzene rings is 1. The second-order valence-electron chi connectivity index (χ2n) is 5.11. The zero-order valence-corrected chi connectivity index (χ0v) is 10.9. The molecule has 1 aliphatic carbocycles. The van der Waals surface area contributed by atoms with Crippen LogP contribution in [0.3, 0.4) is 0 Å². The van der Waals surface area contributed by atoms with E-state index >= 15 is 0 Å². The molecule has 0 radical (unpaired) electrons. The van der Waals surface area contributed by atoms with Gasteiger partial charge in [-0.25, -0.2) is 4.39 Å². The molecule has 0 atom stereocenters. The molecule has 0 amide bonds. The Labute approximate surface area is 108 Å². The summed E-state index contributed by atoms with van der Waals surface area (Å²) >= 11 is 0. The minimum atomic E-state index is -0.296. The van der Waals surface area contributed by atoms with E-state index in [2.05, 4.69) is 11.8 Å². The van der Waals surface area contributed by atoms with E-state index in [0.717, 1.165) is 25.4 Å². The molecule has 1 aromatic carbocycles. The first kappa shape index (κ1) is 13.2. The third kappa shape index (κ3) is 3.91. The van der Waals surface area contributed by atoms with E-state index in [0.29, 0.717) is 12.1 Å². The van der Waals surface area contributed by atoms with Crippen molar-refractivity contribution in [3.8, 4) is 0 Å². The largest absolute Gasteiger partial charge is 0.296 e. The van der Waals surface area contributed by atoms with Crippen LogP contribution < -0.4 is 0 Å². The van der Waals surface area contributed by atoms with E-state index in [1.807, 2.05) is 0 Å². The van der Waals surface area contributed by atoms with Gasteiger partial charge in [-0.05, 0) is 56.0 Å². The fraction of sp³-hybridized carbons (Fsp3) is 0.533. The summed E-state index contributed by atoms with van der Waals surface area (Å²) in [5, 5.41) is 0. The van der Waals surface area contributed by atoms with Gasteiger partial charge in [-0.1, -0.05) is 6.92 Å². The Balaban J connectivity index is 1.92. The van der Waals surface area contributed by atoms with E-state index in [4.69, 9.17) is 0 Å². The molecule has 0 bridgehead atoms. The lowest BCUT2D eigenvalue weighted by atomic mass is 10.1. The number of hydrogen-bond donors (Lipinski definition) is 0. The van der Waals surface area contributed by atoms with Crippen molar-refractivity contribution in [2.24, 2.45) is 5.92 Å². The van der Waals surface area contributed by atoms with Crippen molar-refractivity contribution in [3.05, 3.63) is 35.6 Å². The van der Waals surface area contributed by atoms with Gasteiger partial charge in [0.15, 0.2) is 5.78 Å². The first-order valence-electron chi connectivity index (χ1n) is 6.70. The normalized spacial score (nSPS) is 15.1. The maximum atomic E-state index is 12.8. The van der Waals surface area contributed by atoms with E-state index in [9.17, 15) is 9.18 Å². The topological polar surface area (TPSA) is 20.3 Å². The van der Waals surface area contributed by atoms with Gasteiger partial charge in [-0.15, -0.1) is 0 Å². The number of hydrogen-bond acceptors (Lipinski definition) is 2. The number of carbonyl (C=O) groups is 1. The zero-order chi connectivity index (χ0) is 13.0. The van der Waals surface area contributed by atoms with Crippen LogP contribution in [0, 0.1) is 11.7 Å². The fourth-order valence-electron chi connectivity index (χ4n) is 2.15. The van der Waals surface area contributed by atoms with Gasteiger partial charge in [0.1, 0.15) is 5.82 Å². The highest BCUT2D eigenvalue weighted by Gasteiger charge is 2.25. The SMILES string of the molecule is CCCN(CC(=O)c1ccc(F)cc1)CC1CC1. The molecule has 98 valence electrons. The zero-order valence-electron chi connectivity index (χ0n) is 10.9. The second kappa shape index (κ2) is 6.10. The number of ketones is 1. The summed E-state index contributed by atoms with van der Waals surface area (Å²) in [4.78, 5) is 14.3. The molecule has 0 saturated heterocycles. The molecule has 0 N–H and O–H groups in total. The molecule has 1 fully saturated rings. The Morgan fingerprint density at radius 2 is 2.00 bits per heavy atom. The minimum Gasteiger partial charge on any atom is -0.296 e. The summed E-state index contributed by atoms with van der Waals surface area (Å²) in [5.74, 6) is 0.580. The third-order valence-electron chi connectivity index (χ3n) is 3.29. The van der Waals surface area contributed by atoms with Crippen LogP contribution in [0.2, 0.25) is 0 Å². The van der Waals surface area contributed by atoms with E-state index < -0.39 is 0 Å². The molecule has 2 nitrogen and oxygen atoms in total. The number of nitrogens with zero attached hydrogens (tertiary/aromatic N) is 1. The van der Waals surface area contributed by atoms with Crippen LogP contribution in [-0.2, 0) is 0 Å². The minimum absolute atomic E-state index is 0.0871. The van der Waals surface area contributed by atoms with Crippen molar-refractivity contribution in [3.63, 3.8) is 0 Å². The Morgan fingerprint density at radius 3 is 2.56 bits per heavy atom. The lowest BCUT2D eigenvalue weighted by Crippen LogP contribution is -2.32. The van der Waals surface area contributed by atoms with Gasteiger partial charge >= 0.3 is 0 Å². The molecule has 0 aliphatic heterocycles. The molecule has 1 aliphatic rings. The third-order valence-corrected chi connectivity index (χ3v) is 3.29. The van der Waals surface area contributed by atoms with Crippen molar-refractivity contribution in [2.45, 2.75) is 26.2 Å². The smallest absolute Gasteiger partial charge is 0.176 e. The van der Waals surface area contributed by atoms with E-state index in [1.54, 1.807) is 12.1 Å². The number of carbonyl (C=O) groups excluding carboxylic acids is 1. The van der Waals surface area contributed by atoms with E-state index in [-0.39, 0.29) is 11.6 Å². The summed E-state index contributed by atoms with van der Waals surface area (Å²) in [7, 11) is 0. The molecule has 1 aromatic rings. The Morgan fingerprint density at radius 1 is 1.33 bits per heavy atom. The molecule has 18 heavy (non-hydrogen) atoms. The van der Waals surface area contributed by atoms with Crippen LogP contribution in [0.4, 0.5) is 4.39 Å². The van der Waals surface area contributed by atoms with Gasteiger partial charge in [0.05, 0.1) is 6.54 Å². The van der Waals surface area contributed by atoms with Crippen LogP contribution in [0.25, 0.3) is 0 Å². The van der Waals surface area contributed by atoms with E-state index in [1.165, 1.54) is 25.0 Å². The molecule has 0 heterocycles. The maximum Gasteiger partial charge on any atom is 0.176 e. The van der Waals surface area contributed by atoms with Gasteiger partial charge in [-0.3, -0.25) is 9.69 Å². The van der Waals surface area contributed by atoms with Crippen LogP contribution in [0.15, 0.2) is 24.3 Å². The predicted molar refractivity (Wildman–Crippen MR) is 70.2 cm³/mol. The van der Waals surface area contributed by atoms with Crippen molar-refractivity contribution < 1.29 is 9.18 Å². The van der Waals surface area contributed by atoms with Crippen molar-refractivity contribution >= 4 is 5.78 Å². The first-order chi connectivity index (χ1) is 8.69. The highest BCUT2D eigenvalue weighted by Crippen LogP contribution is 2.29. The highest BCUT2D eigenvalue weighted by molar-refractivity contribution is 5.97. The van der Waals surface area contributed by atoms with Crippen molar-refractivity contribution in [2.75, 3.05) is 19.6 Å². The fourth-order valence-corrected chi connectivity index (χ4v) is 2.15. The summed E-state index contributed by atoms with van der Waals surface area (Å²) < 4.78 is 12.8. The number of rotatable bonds is 7. The lowest BCUT2D eigenvalue weighted by Gasteiger charge is -2.20. The van der Waals surface area contributed by atoms with Gasteiger partial charge in [0.2, 0.25) is 0 Å². The molecular weight excluding hydrogens is 229 g/mol. The predicted octanol–water partition coefficient (Wildman–Crippen LogP) is 3.13. The van der Waals surface area contributed by atoms with Crippen LogP contribution in [0.5, 0.6) is 0 Å². The summed E-state index contributed by atoms with van der Waals surface area (Å²) in [5.41, 5.74) is 0.605. The Kier molecular flexibility index (Phi) is 4.48. The van der Waals surface area contributed by atoms with Crippen LogP contribution >= 0.6 is 0 Å². The lowest BCUT2D eigenvalue weighted by molar-refractivity contribution is 0.0927. The molecule has 0 unspecified atom stereocenters. The molecular formula is C15H20FNO. The molecule has 0 aromatic heterocycles. The molecule has 2 rings (SSSR count). The standard InChI is InChI=1S/C15H20FNO/c1-2-9-17(10-12-3-4-12)11-15(18)13-5-7-14(16)8-6-13/h5-8,12H,2-4,9-11H2,1H3. The molecule has 0 spiro atoms. The average Bonchev–Trinajstić information content (AvgIpc) is 3.14. The first-order valence-corrected chi connectivity index (χ1v) is 6.70. The van der Waals surface area contributed by atoms with Gasteiger partial charge in [-0.2, -0.15) is 0 Å². The second-order valence-corrected chi connectivity index (χ2v) is 5.11. The monoisotopic (exact) mass is 249 g/mol. The van der Waals surface area contributed by atoms with Gasteiger partial charge in [0, 0.05) is 12.1 Å². The van der Waals surface area contributed by atoms with Crippen LogP contribution in [0.1, 0.15) is 36.5 Å². The summed E-state index contributed by atoms with van der Waals surface area (Å²) in [6.07, 6.45) is 3.65. The quantitative estimate of drug-likeness (QED) is 0.692. The Bertz CT molecular complexity index is 397. The summed E-state index contributed by atoms with van der Waals surface area (Å²) in [6.45, 7) is 4.57. The summed E-state index contributed by atoms with van der Waals surface area (Å²) in [6, 6.07) is 5.83. The van der Waals surface area contributed by atoms with Gasteiger partial charge in [0.25, 0.3) is 0 Å². The number of Topliss-reactive ketones (excluding diaryl/α,β-unsaturated/α-hetero) is 1. The molecule has 3 heteroatoms. The average molecular weight is 249 g/mol. The van der Waals surface area contributed by atoms with Gasteiger partial charge < -0.3 is 0 Å². The highest BCUT2D eigenvalue weighted by atomic mass is 19.1. The Hall–Kier alpha value is -1.22.